The Labute approximate surface area is 133 Å². The minimum absolute atomic E-state index is 0.0439. The molecule has 22 heavy (non-hydrogen) atoms. The van der Waals surface area contributed by atoms with Gasteiger partial charge >= 0.3 is 5.97 Å². The molecular formula is C16H17ClN2O3. The van der Waals surface area contributed by atoms with E-state index >= 15 is 0 Å². The maximum Gasteiger partial charge on any atom is 0.339 e. The molecular weight excluding hydrogens is 304 g/mol. The minimum atomic E-state index is -0.592. The van der Waals surface area contributed by atoms with E-state index in [0.29, 0.717) is 16.5 Å². The lowest BCUT2D eigenvalue weighted by atomic mass is 10.1. The van der Waals surface area contributed by atoms with Gasteiger partial charge in [0.2, 0.25) is 0 Å². The predicted octanol–water partition coefficient (Wildman–Crippen LogP) is 2.91. The van der Waals surface area contributed by atoms with Crippen LogP contribution in [0.2, 0.25) is 5.15 Å². The van der Waals surface area contributed by atoms with Gasteiger partial charge in [-0.1, -0.05) is 29.8 Å². The average molecular weight is 321 g/mol. The van der Waals surface area contributed by atoms with Crippen LogP contribution in [0.1, 0.15) is 24.2 Å². The van der Waals surface area contributed by atoms with Gasteiger partial charge in [0.25, 0.3) is 5.91 Å². The van der Waals surface area contributed by atoms with Crippen molar-refractivity contribution >= 4 is 34.4 Å². The number of para-hydroxylation sites is 1. The van der Waals surface area contributed by atoms with Gasteiger partial charge < -0.3 is 9.64 Å². The summed E-state index contributed by atoms with van der Waals surface area (Å²) in [5, 5.41) is 0.845. The van der Waals surface area contributed by atoms with Gasteiger partial charge in [0.05, 0.1) is 11.1 Å². The van der Waals surface area contributed by atoms with Crippen LogP contribution in [-0.2, 0) is 9.53 Å². The van der Waals surface area contributed by atoms with Crippen LogP contribution in [0.4, 0.5) is 0 Å². The van der Waals surface area contributed by atoms with E-state index in [-0.39, 0.29) is 23.7 Å². The lowest BCUT2D eigenvalue weighted by Crippen LogP contribution is -2.36. The van der Waals surface area contributed by atoms with E-state index < -0.39 is 5.97 Å². The Morgan fingerprint density at radius 1 is 1.32 bits per heavy atom. The Bertz CT molecular complexity index is 716. The first kappa shape index (κ1) is 16.2. The summed E-state index contributed by atoms with van der Waals surface area (Å²) in [6, 6.07) is 8.62. The highest BCUT2D eigenvalue weighted by atomic mass is 35.5. The van der Waals surface area contributed by atoms with Crippen molar-refractivity contribution in [2.45, 2.75) is 19.9 Å². The van der Waals surface area contributed by atoms with Crippen LogP contribution in [0.15, 0.2) is 30.3 Å². The first-order chi connectivity index (χ1) is 10.4. The van der Waals surface area contributed by atoms with Crippen molar-refractivity contribution in [1.82, 2.24) is 9.88 Å². The SMILES string of the molecule is CC(C)N(C)C(=O)COC(=O)c1cc(Cl)nc2ccccc12. The standard InChI is InChI=1S/C16H17ClN2O3/c1-10(2)19(3)15(20)9-22-16(21)12-8-14(17)18-13-7-5-4-6-11(12)13/h4-8,10H,9H2,1-3H3. The molecule has 0 aliphatic carbocycles. The maximum absolute atomic E-state index is 12.2. The van der Waals surface area contributed by atoms with Gasteiger partial charge in [-0.05, 0) is 26.0 Å². The van der Waals surface area contributed by atoms with Gasteiger partial charge in [-0.2, -0.15) is 0 Å². The summed E-state index contributed by atoms with van der Waals surface area (Å²) in [5.74, 6) is -0.848. The highest BCUT2D eigenvalue weighted by Gasteiger charge is 2.17. The fraction of sp³-hybridized carbons (Fsp3) is 0.312. The monoisotopic (exact) mass is 320 g/mol. The third kappa shape index (κ3) is 3.54. The van der Waals surface area contributed by atoms with Crippen molar-refractivity contribution in [2.24, 2.45) is 0 Å². The van der Waals surface area contributed by atoms with Crippen molar-refractivity contribution < 1.29 is 14.3 Å². The molecule has 1 heterocycles. The second-order valence-corrected chi connectivity index (χ2v) is 5.57. The topological polar surface area (TPSA) is 59.5 Å². The summed E-state index contributed by atoms with van der Waals surface area (Å²) in [5.41, 5.74) is 0.906. The van der Waals surface area contributed by atoms with Crippen LogP contribution in [0.5, 0.6) is 0 Å². The van der Waals surface area contributed by atoms with Crippen molar-refractivity contribution in [3.63, 3.8) is 0 Å². The zero-order valence-electron chi connectivity index (χ0n) is 12.7. The van der Waals surface area contributed by atoms with Gasteiger partial charge in [0.1, 0.15) is 5.15 Å². The Morgan fingerprint density at radius 2 is 2.00 bits per heavy atom. The molecule has 0 unspecified atom stereocenters. The first-order valence-corrected chi connectivity index (χ1v) is 7.26. The lowest BCUT2D eigenvalue weighted by molar-refractivity contribution is -0.134. The van der Waals surface area contributed by atoms with Crippen LogP contribution >= 0.6 is 11.6 Å². The number of ether oxygens (including phenoxy) is 1. The zero-order valence-corrected chi connectivity index (χ0v) is 13.4. The third-order valence-corrected chi connectivity index (χ3v) is 3.59. The molecule has 0 aliphatic heterocycles. The van der Waals surface area contributed by atoms with Gasteiger partial charge in [0, 0.05) is 18.5 Å². The Balaban J connectivity index is 2.18. The second kappa shape index (κ2) is 6.75. The van der Waals surface area contributed by atoms with Crippen LogP contribution in [0, 0.1) is 0 Å². The first-order valence-electron chi connectivity index (χ1n) is 6.88. The molecule has 0 saturated heterocycles. The third-order valence-electron chi connectivity index (χ3n) is 3.40. The van der Waals surface area contributed by atoms with Gasteiger partial charge in [0.15, 0.2) is 6.61 Å². The molecule has 0 fully saturated rings. The highest BCUT2D eigenvalue weighted by Crippen LogP contribution is 2.21. The van der Waals surface area contributed by atoms with E-state index in [1.165, 1.54) is 11.0 Å². The number of fused-ring (bicyclic) bond motifs is 1. The normalized spacial score (nSPS) is 10.8. The molecule has 2 rings (SSSR count). The molecule has 0 spiro atoms. The van der Waals surface area contributed by atoms with Gasteiger partial charge in [-0.25, -0.2) is 9.78 Å². The van der Waals surface area contributed by atoms with Crippen molar-refractivity contribution in [3.8, 4) is 0 Å². The zero-order chi connectivity index (χ0) is 16.3. The molecule has 1 amide bonds. The van der Waals surface area contributed by atoms with Crippen molar-refractivity contribution in [1.29, 1.82) is 0 Å². The number of hydrogen-bond donors (Lipinski definition) is 0. The summed E-state index contributed by atoms with van der Waals surface area (Å²) < 4.78 is 5.11. The number of pyridine rings is 1. The highest BCUT2D eigenvalue weighted by molar-refractivity contribution is 6.30. The Kier molecular flexibility index (Phi) is 4.98. The number of halogens is 1. The summed E-state index contributed by atoms with van der Waals surface area (Å²) in [6.45, 7) is 3.47. The molecule has 0 radical (unpaired) electrons. The molecule has 0 atom stereocenters. The molecule has 0 aliphatic rings. The molecule has 6 heteroatoms. The van der Waals surface area contributed by atoms with Crippen LogP contribution in [0.3, 0.4) is 0 Å². The van der Waals surface area contributed by atoms with E-state index in [0.717, 1.165) is 0 Å². The number of likely N-dealkylation sites (N-methyl/N-ethyl adjacent to an activating group) is 1. The van der Waals surface area contributed by atoms with E-state index in [1.54, 1.807) is 25.2 Å². The van der Waals surface area contributed by atoms with E-state index in [2.05, 4.69) is 4.98 Å². The molecule has 0 saturated carbocycles. The van der Waals surface area contributed by atoms with Gasteiger partial charge in [-0.3, -0.25) is 4.79 Å². The fourth-order valence-electron chi connectivity index (χ4n) is 1.91. The van der Waals surface area contributed by atoms with Crippen molar-refractivity contribution in [3.05, 3.63) is 41.0 Å². The molecule has 1 aromatic heterocycles. The largest absolute Gasteiger partial charge is 0.452 e. The molecule has 5 nitrogen and oxygen atoms in total. The number of nitrogens with zero attached hydrogens (tertiary/aromatic N) is 2. The number of amides is 1. The quantitative estimate of drug-likeness (QED) is 0.642. The fourth-order valence-corrected chi connectivity index (χ4v) is 2.11. The minimum Gasteiger partial charge on any atom is -0.452 e. The average Bonchev–Trinajstić information content (AvgIpc) is 2.50. The number of esters is 1. The summed E-state index contributed by atoms with van der Waals surface area (Å²) in [6.07, 6.45) is 0. The lowest BCUT2D eigenvalue weighted by Gasteiger charge is -2.21. The van der Waals surface area contributed by atoms with E-state index in [1.807, 2.05) is 19.9 Å². The molecule has 0 N–H and O–H groups in total. The van der Waals surface area contributed by atoms with Crippen LogP contribution in [-0.4, -0.2) is 41.5 Å². The number of carbonyl (C=O) groups is 2. The predicted molar refractivity (Wildman–Crippen MR) is 84.9 cm³/mol. The summed E-state index contributed by atoms with van der Waals surface area (Å²) in [4.78, 5) is 29.8. The second-order valence-electron chi connectivity index (χ2n) is 5.18. The molecule has 2 aromatic rings. The smallest absolute Gasteiger partial charge is 0.339 e. The van der Waals surface area contributed by atoms with E-state index in [4.69, 9.17) is 16.3 Å². The molecule has 116 valence electrons. The molecule has 0 bridgehead atoms. The summed E-state index contributed by atoms with van der Waals surface area (Å²) in [7, 11) is 1.67. The number of hydrogen-bond acceptors (Lipinski definition) is 4. The molecule has 1 aromatic carbocycles. The van der Waals surface area contributed by atoms with Gasteiger partial charge in [-0.15, -0.1) is 0 Å². The maximum atomic E-state index is 12.2. The van der Waals surface area contributed by atoms with E-state index in [9.17, 15) is 9.59 Å². The number of aromatic nitrogens is 1. The number of rotatable bonds is 4. The Hall–Kier alpha value is -2.14. The van der Waals surface area contributed by atoms with Crippen LogP contribution in [0.25, 0.3) is 10.9 Å². The number of carbonyl (C=O) groups excluding carboxylic acids is 2. The van der Waals surface area contributed by atoms with Crippen LogP contribution < -0.4 is 0 Å². The number of benzene rings is 1. The van der Waals surface area contributed by atoms with Crippen molar-refractivity contribution in [2.75, 3.05) is 13.7 Å². The summed E-state index contributed by atoms with van der Waals surface area (Å²) >= 11 is 5.93. The Morgan fingerprint density at radius 3 is 2.68 bits per heavy atom.